The minimum atomic E-state index is -2.53. The highest BCUT2D eigenvalue weighted by molar-refractivity contribution is 5.82. The van der Waals surface area contributed by atoms with Gasteiger partial charge < -0.3 is 14.7 Å². The van der Waals surface area contributed by atoms with Crippen LogP contribution in [0, 0.1) is 0 Å². The number of carbonyl (C=O) groups is 2. The lowest BCUT2D eigenvalue weighted by Gasteiger charge is -2.21. The lowest BCUT2D eigenvalue weighted by atomic mass is 9.86. The Labute approximate surface area is 144 Å². The fraction of sp³-hybridized carbons (Fsp3) is 0.263. The lowest BCUT2D eigenvalue weighted by molar-refractivity contribution is -0.150. The van der Waals surface area contributed by atoms with Crippen molar-refractivity contribution >= 4 is 12.1 Å². The Morgan fingerprint density at radius 1 is 1.12 bits per heavy atom. The first-order chi connectivity index (χ1) is 12.0. The molecule has 130 valence electrons. The van der Waals surface area contributed by atoms with E-state index in [4.69, 9.17) is 4.74 Å². The molecule has 1 fully saturated rings. The van der Waals surface area contributed by atoms with Crippen LogP contribution in [0.25, 0.3) is 0 Å². The topological polar surface area (TPSA) is 66.8 Å². The average molecular weight is 343 g/mol. The molecule has 5 nitrogen and oxygen atoms in total. The van der Waals surface area contributed by atoms with E-state index < -0.39 is 30.2 Å². The number of halogens is 1. The fourth-order valence-electron chi connectivity index (χ4n) is 3.04. The SMILES string of the molecule is O=C(OCc1ccccc1)N1CC(c2ccccc2)C(F)(C(=O)O)C1. The van der Waals surface area contributed by atoms with Crippen LogP contribution in [0.4, 0.5) is 9.18 Å². The Kier molecular flexibility index (Phi) is 4.70. The second-order valence-corrected chi connectivity index (χ2v) is 6.05. The predicted octanol–water partition coefficient (Wildman–Crippen LogP) is 3.22. The number of hydrogen-bond acceptors (Lipinski definition) is 3. The van der Waals surface area contributed by atoms with Crippen LogP contribution >= 0.6 is 0 Å². The third-order valence-electron chi connectivity index (χ3n) is 4.40. The summed E-state index contributed by atoms with van der Waals surface area (Å²) in [5, 5.41) is 9.36. The van der Waals surface area contributed by atoms with Gasteiger partial charge in [0, 0.05) is 12.5 Å². The number of hydrogen-bond donors (Lipinski definition) is 1. The molecule has 0 aliphatic carbocycles. The summed E-state index contributed by atoms with van der Waals surface area (Å²) in [4.78, 5) is 24.9. The number of aliphatic carboxylic acids is 1. The first kappa shape index (κ1) is 17.0. The van der Waals surface area contributed by atoms with E-state index >= 15 is 4.39 Å². The zero-order valence-electron chi connectivity index (χ0n) is 13.5. The number of alkyl halides is 1. The van der Waals surface area contributed by atoms with Crippen molar-refractivity contribution in [2.75, 3.05) is 13.1 Å². The third kappa shape index (κ3) is 3.47. The number of rotatable bonds is 4. The summed E-state index contributed by atoms with van der Waals surface area (Å²) in [6.07, 6.45) is -0.717. The van der Waals surface area contributed by atoms with E-state index in [-0.39, 0.29) is 13.2 Å². The fourth-order valence-corrected chi connectivity index (χ4v) is 3.04. The molecule has 2 aromatic rings. The van der Waals surface area contributed by atoms with Crippen molar-refractivity contribution in [3.05, 3.63) is 71.8 Å². The van der Waals surface area contributed by atoms with Crippen molar-refractivity contribution in [2.24, 2.45) is 0 Å². The summed E-state index contributed by atoms with van der Waals surface area (Å²) in [5.74, 6) is -2.50. The smallest absolute Gasteiger partial charge is 0.410 e. The van der Waals surface area contributed by atoms with Gasteiger partial charge in [0.15, 0.2) is 0 Å². The summed E-state index contributed by atoms with van der Waals surface area (Å²) < 4.78 is 20.3. The molecule has 0 saturated carbocycles. The van der Waals surface area contributed by atoms with Crippen molar-refractivity contribution in [3.63, 3.8) is 0 Å². The molecule has 3 rings (SSSR count). The zero-order chi connectivity index (χ0) is 17.9. The van der Waals surface area contributed by atoms with Gasteiger partial charge in [-0.2, -0.15) is 0 Å². The number of amides is 1. The van der Waals surface area contributed by atoms with Crippen LogP contribution in [0.5, 0.6) is 0 Å². The van der Waals surface area contributed by atoms with Crippen molar-refractivity contribution in [2.45, 2.75) is 18.2 Å². The standard InChI is InChI=1S/C19H18FNO4/c20-19(17(22)23)13-21(11-16(19)15-9-5-2-6-10-15)18(24)25-12-14-7-3-1-4-8-14/h1-10,16H,11-13H2,(H,22,23). The van der Waals surface area contributed by atoms with E-state index in [9.17, 15) is 14.7 Å². The maximum absolute atomic E-state index is 15.1. The van der Waals surface area contributed by atoms with E-state index in [1.165, 1.54) is 0 Å². The van der Waals surface area contributed by atoms with E-state index in [1.54, 1.807) is 42.5 Å². The van der Waals surface area contributed by atoms with Crippen LogP contribution in [0.15, 0.2) is 60.7 Å². The number of ether oxygens (including phenoxy) is 1. The molecular formula is C19H18FNO4. The van der Waals surface area contributed by atoms with Crippen LogP contribution in [0.2, 0.25) is 0 Å². The molecule has 25 heavy (non-hydrogen) atoms. The molecule has 0 spiro atoms. The van der Waals surface area contributed by atoms with Gasteiger partial charge in [-0.3, -0.25) is 0 Å². The molecular weight excluding hydrogens is 325 g/mol. The molecule has 0 aromatic heterocycles. The molecule has 1 aliphatic heterocycles. The van der Waals surface area contributed by atoms with Crippen molar-refractivity contribution in [1.29, 1.82) is 0 Å². The number of nitrogens with zero attached hydrogens (tertiary/aromatic N) is 1. The summed E-state index contributed by atoms with van der Waals surface area (Å²) >= 11 is 0. The van der Waals surface area contributed by atoms with Crippen LogP contribution < -0.4 is 0 Å². The van der Waals surface area contributed by atoms with Gasteiger partial charge in [0.1, 0.15) is 6.61 Å². The third-order valence-corrected chi connectivity index (χ3v) is 4.40. The van der Waals surface area contributed by atoms with Crippen molar-refractivity contribution in [1.82, 2.24) is 4.90 Å². The Morgan fingerprint density at radius 2 is 1.72 bits per heavy atom. The zero-order valence-corrected chi connectivity index (χ0v) is 13.5. The van der Waals surface area contributed by atoms with Crippen LogP contribution in [0.3, 0.4) is 0 Å². The highest BCUT2D eigenvalue weighted by atomic mass is 19.1. The summed E-state index contributed by atoms with van der Waals surface area (Å²) in [6, 6.07) is 17.6. The highest BCUT2D eigenvalue weighted by Crippen LogP contribution is 2.39. The molecule has 1 heterocycles. The minimum Gasteiger partial charge on any atom is -0.479 e. The molecule has 2 unspecified atom stereocenters. The Morgan fingerprint density at radius 3 is 2.32 bits per heavy atom. The summed E-state index contributed by atoms with van der Waals surface area (Å²) in [6.45, 7) is -0.519. The van der Waals surface area contributed by atoms with Gasteiger partial charge in [-0.15, -0.1) is 0 Å². The maximum Gasteiger partial charge on any atom is 0.410 e. The van der Waals surface area contributed by atoms with Crippen LogP contribution in [0.1, 0.15) is 17.0 Å². The molecule has 1 aliphatic rings. The van der Waals surface area contributed by atoms with Gasteiger partial charge >= 0.3 is 12.1 Å². The van der Waals surface area contributed by atoms with Gasteiger partial charge in [0.25, 0.3) is 0 Å². The Hall–Kier alpha value is -2.89. The first-order valence-corrected chi connectivity index (χ1v) is 7.93. The van der Waals surface area contributed by atoms with E-state index in [0.29, 0.717) is 5.56 Å². The quantitative estimate of drug-likeness (QED) is 0.926. The predicted molar refractivity (Wildman–Crippen MR) is 88.9 cm³/mol. The molecule has 0 bridgehead atoms. The molecule has 6 heteroatoms. The summed E-state index contributed by atoms with van der Waals surface area (Å²) in [5.41, 5.74) is -1.18. The van der Waals surface area contributed by atoms with Gasteiger partial charge in [-0.1, -0.05) is 60.7 Å². The molecule has 1 saturated heterocycles. The van der Waals surface area contributed by atoms with E-state index in [1.807, 2.05) is 18.2 Å². The van der Waals surface area contributed by atoms with Gasteiger partial charge in [-0.05, 0) is 11.1 Å². The number of carbonyl (C=O) groups excluding carboxylic acids is 1. The lowest BCUT2D eigenvalue weighted by Crippen LogP contribution is -2.41. The summed E-state index contributed by atoms with van der Waals surface area (Å²) in [7, 11) is 0. The number of likely N-dealkylation sites (tertiary alicyclic amines) is 1. The Bertz CT molecular complexity index is 753. The van der Waals surface area contributed by atoms with Gasteiger partial charge in [0.05, 0.1) is 6.54 Å². The normalized spacial score (nSPS) is 22.6. The van der Waals surface area contributed by atoms with Crippen molar-refractivity contribution < 1.29 is 23.8 Å². The average Bonchev–Trinajstić information content (AvgIpc) is 3.00. The van der Waals surface area contributed by atoms with E-state index in [0.717, 1.165) is 10.5 Å². The van der Waals surface area contributed by atoms with E-state index in [2.05, 4.69) is 0 Å². The Balaban J connectivity index is 1.73. The number of carboxylic acid groups (broad SMARTS) is 1. The highest BCUT2D eigenvalue weighted by Gasteiger charge is 2.55. The molecule has 2 atom stereocenters. The largest absolute Gasteiger partial charge is 0.479 e. The maximum atomic E-state index is 15.1. The first-order valence-electron chi connectivity index (χ1n) is 7.93. The molecule has 1 amide bonds. The van der Waals surface area contributed by atoms with Crippen LogP contribution in [-0.4, -0.2) is 40.8 Å². The van der Waals surface area contributed by atoms with Crippen molar-refractivity contribution in [3.8, 4) is 0 Å². The second-order valence-electron chi connectivity index (χ2n) is 6.05. The van der Waals surface area contributed by atoms with Gasteiger partial charge in [0.2, 0.25) is 5.67 Å². The number of carboxylic acids is 1. The minimum absolute atomic E-state index is 0.0412. The molecule has 1 N–H and O–H groups in total. The monoisotopic (exact) mass is 343 g/mol. The van der Waals surface area contributed by atoms with Crippen LogP contribution in [-0.2, 0) is 16.1 Å². The molecule has 2 aromatic carbocycles. The molecule has 0 radical (unpaired) electrons. The number of benzene rings is 2. The second kappa shape index (κ2) is 6.93. The van der Waals surface area contributed by atoms with Gasteiger partial charge in [-0.25, -0.2) is 14.0 Å².